The molecule has 18 heavy (non-hydrogen) atoms. The summed E-state index contributed by atoms with van der Waals surface area (Å²) < 4.78 is 1.53. The zero-order valence-corrected chi connectivity index (χ0v) is 9.45. The quantitative estimate of drug-likeness (QED) is 0.868. The standard InChI is InChI=1S/C12H10N4O2/c13-7-9-2-1-3-11(6-9)16-8-10(14-15-16)4-5-12(17)18/h1-3,6,8H,4-5H2,(H,17,18). The number of nitriles is 1. The molecule has 1 aromatic heterocycles. The van der Waals surface area contributed by atoms with Gasteiger partial charge in [0.15, 0.2) is 0 Å². The van der Waals surface area contributed by atoms with Crippen molar-refractivity contribution in [3.63, 3.8) is 0 Å². The van der Waals surface area contributed by atoms with Crippen molar-refractivity contribution in [2.75, 3.05) is 0 Å². The first-order valence-corrected chi connectivity index (χ1v) is 5.32. The second-order valence-corrected chi connectivity index (χ2v) is 3.71. The number of carboxylic acids is 1. The van der Waals surface area contributed by atoms with Crippen molar-refractivity contribution >= 4 is 5.97 Å². The highest BCUT2D eigenvalue weighted by atomic mass is 16.4. The summed E-state index contributed by atoms with van der Waals surface area (Å²) in [6, 6.07) is 8.99. The van der Waals surface area contributed by atoms with Crippen molar-refractivity contribution < 1.29 is 9.90 Å². The van der Waals surface area contributed by atoms with E-state index in [9.17, 15) is 4.79 Å². The summed E-state index contributed by atoms with van der Waals surface area (Å²) in [5, 5.41) is 25.2. The maximum absolute atomic E-state index is 10.4. The molecule has 2 aromatic rings. The minimum atomic E-state index is -0.865. The third-order valence-corrected chi connectivity index (χ3v) is 2.38. The molecule has 0 saturated carbocycles. The van der Waals surface area contributed by atoms with Crippen molar-refractivity contribution in [2.45, 2.75) is 12.8 Å². The number of hydrogen-bond acceptors (Lipinski definition) is 4. The van der Waals surface area contributed by atoms with Crippen LogP contribution in [-0.4, -0.2) is 26.1 Å². The largest absolute Gasteiger partial charge is 0.481 e. The molecule has 0 radical (unpaired) electrons. The third-order valence-electron chi connectivity index (χ3n) is 2.38. The maximum Gasteiger partial charge on any atom is 0.303 e. The number of aromatic nitrogens is 3. The molecule has 0 aliphatic carbocycles. The Morgan fingerprint density at radius 3 is 3.06 bits per heavy atom. The summed E-state index contributed by atoms with van der Waals surface area (Å²) in [6.07, 6.45) is 2.03. The van der Waals surface area contributed by atoms with Crippen LogP contribution in [0.5, 0.6) is 0 Å². The summed E-state index contributed by atoms with van der Waals surface area (Å²) in [4.78, 5) is 10.4. The van der Waals surface area contributed by atoms with E-state index in [1.165, 1.54) is 4.68 Å². The summed E-state index contributed by atoms with van der Waals surface area (Å²) in [5.74, 6) is -0.865. The van der Waals surface area contributed by atoms with Crippen LogP contribution in [0.25, 0.3) is 5.69 Å². The molecular weight excluding hydrogens is 232 g/mol. The zero-order valence-electron chi connectivity index (χ0n) is 9.45. The average Bonchev–Trinajstić information content (AvgIpc) is 2.85. The van der Waals surface area contributed by atoms with E-state index in [0.717, 1.165) is 5.69 Å². The number of nitrogens with zero attached hydrogens (tertiary/aromatic N) is 4. The van der Waals surface area contributed by atoms with Crippen LogP contribution >= 0.6 is 0 Å². The van der Waals surface area contributed by atoms with Gasteiger partial charge in [0.1, 0.15) is 0 Å². The number of aliphatic carboxylic acids is 1. The van der Waals surface area contributed by atoms with Gasteiger partial charge in [-0.3, -0.25) is 4.79 Å². The predicted molar refractivity (Wildman–Crippen MR) is 62.0 cm³/mol. The first-order valence-electron chi connectivity index (χ1n) is 5.32. The second kappa shape index (κ2) is 5.10. The van der Waals surface area contributed by atoms with E-state index in [4.69, 9.17) is 10.4 Å². The van der Waals surface area contributed by atoms with Gasteiger partial charge in [0, 0.05) is 6.42 Å². The number of rotatable bonds is 4. The molecule has 0 bridgehead atoms. The average molecular weight is 242 g/mol. The van der Waals surface area contributed by atoms with E-state index in [1.54, 1.807) is 30.5 Å². The van der Waals surface area contributed by atoms with E-state index in [1.807, 2.05) is 6.07 Å². The Bertz CT molecular complexity index is 613. The number of carbonyl (C=O) groups is 1. The van der Waals surface area contributed by atoms with Crippen LogP contribution in [0.2, 0.25) is 0 Å². The molecule has 0 aliphatic heterocycles. The SMILES string of the molecule is N#Cc1cccc(-n2cc(CCC(=O)O)nn2)c1. The lowest BCUT2D eigenvalue weighted by atomic mass is 10.2. The van der Waals surface area contributed by atoms with Gasteiger partial charge in [0.25, 0.3) is 0 Å². The molecule has 0 saturated heterocycles. The highest BCUT2D eigenvalue weighted by Gasteiger charge is 2.05. The summed E-state index contributed by atoms with van der Waals surface area (Å²) in [7, 11) is 0. The molecule has 2 rings (SSSR count). The van der Waals surface area contributed by atoms with Gasteiger partial charge >= 0.3 is 5.97 Å². The van der Waals surface area contributed by atoms with E-state index >= 15 is 0 Å². The number of hydrogen-bond donors (Lipinski definition) is 1. The van der Waals surface area contributed by atoms with Crippen LogP contribution < -0.4 is 0 Å². The molecule has 90 valence electrons. The van der Waals surface area contributed by atoms with Gasteiger partial charge in [-0.2, -0.15) is 5.26 Å². The van der Waals surface area contributed by atoms with Crippen LogP contribution in [0.4, 0.5) is 0 Å². The Kier molecular flexibility index (Phi) is 3.34. The lowest BCUT2D eigenvalue weighted by molar-refractivity contribution is -0.136. The summed E-state index contributed by atoms with van der Waals surface area (Å²) in [6.45, 7) is 0. The molecule has 6 heteroatoms. The Labute approximate surface area is 103 Å². The monoisotopic (exact) mass is 242 g/mol. The van der Waals surface area contributed by atoms with E-state index < -0.39 is 5.97 Å². The van der Waals surface area contributed by atoms with Gasteiger partial charge in [-0.15, -0.1) is 5.10 Å². The van der Waals surface area contributed by atoms with Gasteiger partial charge in [-0.1, -0.05) is 11.3 Å². The summed E-state index contributed by atoms with van der Waals surface area (Å²) in [5.41, 5.74) is 1.87. The number of benzene rings is 1. The molecule has 0 unspecified atom stereocenters. The van der Waals surface area contributed by atoms with Gasteiger partial charge in [0.2, 0.25) is 0 Å². The fourth-order valence-electron chi connectivity index (χ4n) is 1.49. The highest BCUT2D eigenvalue weighted by molar-refractivity contribution is 5.66. The Morgan fingerprint density at radius 2 is 2.33 bits per heavy atom. The molecular formula is C12H10N4O2. The zero-order chi connectivity index (χ0) is 13.0. The van der Waals surface area contributed by atoms with Gasteiger partial charge in [-0.25, -0.2) is 4.68 Å². The normalized spacial score (nSPS) is 9.94. The molecule has 0 atom stereocenters. The van der Waals surface area contributed by atoms with Gasteiger partial charge < -0.3 is 5.11 Å². The Hall–Kier alpha value is -2.68. The van der Waals surface area contributed by atoms with E-state index in [-0.39, 0.29) is 6.42 Å². The van der Waals surface area contributed by atoms with E-state index in [2.05, 4.69) is 10.3 Å². The van der Waals surface area contributed by atoms with Crippen molar-refractivity contribution in [1.82, 2.24) is 15.0 Å². The van der Waals surface area contributed by atoms with Crippen LogP contribution in [0.1, 0.15) is 17.7 Å². The third kappa shape index (κ3) is 2.71. The predicted octanol–water partition coefficient (Wildman–Crippen LogP) is 1.16. The topological polar surface area (TPSA) is 91.8 Å². The molecule has 1 heterocycles. The van der Waals surface area contributed by atoms with Crippen molar-refractivity contribution in [2.24, 2.45) is 0 Å². The Morgan fingerprint density at radius 1 is 1.50 bits per heavy atom. The molecule has 0 aliphatic rings. The lowest BCUT2D eigenvalue weighted by Gasteiger charge is -1.99. The molecule has 1 aromatic carbocycles. The van der Waals surface area contributed by atoms with Crippen LogP contribution in [0.3, 0.4) is 0 Å². The van der Waals surface area contributed by atoms with Crippen LogP contribution in [-0.2, 0) is 11.2 Å². The van der Waals surface area contributed by atoms with E-state index in [0.29, 0.717) is 17.7 Å². The highest BCUT2D eigenvalue weighted by Crippen LogP contribution is 2.10. The smallest absolute Gasteiger partial charge is 0.303 e. The number of carboxylic acid groups (broad SMARTS) is 1. The van der Waals surface area contributed by atoms with Gasteiger partial charge in [-0.05, 0) is 18.2 Å². The number of aryl methyl sites for hydroxylation is 1. The minimum absolute atomic E-state index is 0.0247. The van der Waals surface area contributed by atoms with Crippen LogP contribution in [0.15, 0.2) is 30.5 Å². The van der Waals surface area contributed by atoms with Gasteiger partial charge in [0.05, 0.1) is 35.6 Å². The molecule has 1 N–H and O–H groups in total. The fourth-order valence-corrected chi connectivity index (χ4v) is 1.49. The fraction of sp³-hybridized carbons (Fsp3) is 0.167. The molecule has 6 nitrogen and oxygen atoms in total. The van der Waals surface area contributed by atoms with Crippen LogP contribution in [0, 0.1) is 11.3 Å². The minimum Gasteiger partial charge on any atom is -0.481 e. The molecule has 0 fully saturated rings. The Balaban J connectivity index is 2.19. The maximum atomic E-state index is 10.4. The van der Waals surface area contributed by atoms with Crippen molar-refractivity contribution in [3.8, 4) is 11.8 Å². The summed E-state index contributed by atoms with van der Waals surface area (Å²) >= 11 is 0. The second-order valence-electron chi connectivity index (χ2n) is 3.71. The first kappa shape index (κ1) is 11.8. The lowest BCUT2D eigenvalue weighted by Crippen LogP contribution is -1.97. The first-order chi connectivity index (χ1) is 8.69. The van der Waals surface area contributed by atoms with Crippen molar-refractivity contribution in [1.29, 1.82) is 5.26 Å². The van der Waals surface area contributed by atoms with Crippen molar-refractivity contribution in [3.05, 3.63) is 41.7 Å². The molecule has 0 amide bonds. The molecule has 0 spiro atoms.